The maximum absolute atomic E-state index is 12.0. The second-order valence-electron chi connectivity index (χ2n) is 5.72. The van der Waals surface area contributed by atoms with Crippen molar-refractivity contribution in [3.63, 3.8) is 0 Å². The molecule has 1 heterocycles. The maximum atomic E-state index is 12.0. The molecule has 0 bridgehead atoms. The normalized spacial score (nSPS) is 19.5. The van der Waals surface area contributed by atoms with E-state index in [0.717, 1.165) is 29.7 Å². The van der Waals surface area contributed by atoms with Crippen LogP contribution < -0.4 is 11.1 Å². The number of benzene rings is 1. The third-order valence-electron chi connectivity index (χ3n) is 4.11. The topological polar surface area (TPSA) is 55.1 Å². The minimum Gasteiger partial charge on any atom is -0.325 e. The van der Waals surface area contributed by atoms with Crippen LogP contribution in [0.25, 0.3) is 0 Å². The molecule has 0 saturated heterocycles. The zero-order valence-electron chi connectivity index (χ0n) is 12.3. The zero-order chi connectivity index (χ0) is 14.2. The lowest BCUT2D eigenvalue weighted by molar-refractivity contribution is -0.117. The number of carbonyl (C=O) groups is 1. The fourth-order valence-electron chi connectivity index (χ4n) is 2.79. The smallest absolute Gasteiger partial charge is 0.232 e. The summed E-state index contributed by atoms with van der Waals surface area (Å²) in [6, 6.07) is 4.32. The highest BCUT2D eigenvalue weighted by Crippen LogP contribution is 2.39. The first kappa shape index (κ1) is 14.1. The van der Waals surface area contributed by atoms with Gasteiger partial charge in [0.1, 0.15) is 0 Å². The van der Waals surface area contributed by atoms with Crippen molar-refractivity contribution in [2.24, 2.45) is 11.7 Å². The molecule has 0 spiro atoms. The van der Waals surface area contributed by atoms with Crippen LogP contribution in [0.3, 0.4) is 0 Å². The number of amides is 1. The molecule has 2 unspecified atom stereocenters. The van der Waals surface area contributed by atoms with Crippen LogP contribution in [0.15, 0.2) is 12.1 Å². The van der Waals surface area contributed by atoms with Crippen molar-refractivity contribution in [3.05, 3.63) is 28.8 Å². The van der Waals surface area contributed by atoms with Crippen LogP contribution in [0, 0.1) is 5.92 Å². The van der Waals surface area contributed by atoms with E-state index in [1.54, 1.807) is 0 Å². The minimum absolute atomic E-state index is 0.0142. The van der Waals surface area contributed by atoms with E-state index >= 15 is 0 Å². The third kappa shape index (κ3) is 2.39. The molecule has 104 valence electrons. The molecule has 0 radical (unpaired) electrons. The quantitative estimate of drug-likeness (QED) is 0.872. The largest absolute Gasteiger partial charge is 0.325 e. The van der Waals surface area contributed by atoms with E-state index in [9.17, 15) is 4.79 Å². The lowest BCUT2D eigenvalue weighted by Crippen LogP contribution is -2.17. The van der Waals surface area contributed by atoms with Crippen LogP contribution in [0.5, 0.6) is 0 Å². The summed E-state index contributed by atoms with van der Waals surface area (Å²) in [6.07, 6.45) is 1.75. The highest BCUT2D eigenvalue weighted by molar-refractivity contribution is 6.03. The summed E-state index contributed by atoms with van der Waals surface area (Å²) in [6.45, 7) is 8.43. The molecule has 1 aromatic carbocycles. The predicted octanol–water partition coefficient (Wildman–Crippen LogP) is 3.35. The minimum atomic E-state index is -0.0142. The zero-order valence-corrected chi connectivity index (χ0v) is 12.3. The molecular formula is C16H24N2O. The Morgan fingerprint density at radius 1 is 1.32 bits per heavy atom. The van der Waals surface area contributed by atoms with Gasteiger partial charge in [-0.2, -0.15) is 0 Å². The number of nitrogens with two attached hydrogens (primary N) is 1. The van der Waals surface area contributed by atoms with Crippen molar-refractivity contribution in [1.29, 1.82) is 0 Å². The van der Waals surface area contributed by atoms with Gasteiger partial charge in [0.05, 0.1) is 5.92 Å². The van der Waals surface area contributed by atoms with Crippen molar-refractivity contribution in [3.8, 4) is 0 Å². The van der Waals surface area contributed by atoms with Crippen LogP contribution in [0.2, 0.25) is 0 Å². The monoisotopic (exact) mass is 260 g/mol. The number of aryl methyl sites for hydroxylation is 1. The molecular weight excluding hydrogens is 236 g/mol. The molecule has 19 heavy (non-hydrogen) atoms. The fraction of sp³-hybridized carbons (Fsp3) is 0.562. The van der Waals surface area contributed by atoms with Crippen LogP contribution in [0.1, 0.15) is 62.8 Å². The molecule has 0 fully saturated rings. The summed E-state index contributed by atoms with van der Waals surface area (Å²) in [5.41, 5.74) is 10.8. The van der Waals surface area contributed by atoms with E-state index in [1.165, 1.54) is 5.56 Å². The SMILES string of the molecule is CCc1cc(C(N)C(C)C)cc2c1NC(=O)C2CC. The lowest BCUT2D eigenvalue weighted by atomic mass is 9.88. The number of nitrogens with one attached hydrogen (secondary N) is 1. The number of anilines is 1. The van der Waals surface area contributed by atoms with E-state index in [-0.39, 0.29) is 17.9 Å². The number of fused-ring (bicyclic) bond motifs is 1. The van der Waals surface area contributed by atoms with Crippen molar-refractivity contribution < 1.29 is 4.79 Å². The van der Waals surface area contributed by atoms with Gasteiger partial charge >= 0.3 is 0 Å². The van der Waals surface area contributed by atoms with Gasteiger partial charge in [0, 0.05) is 11.7 Å². The first-order valence-corrected chi connectivity index (χ1v) is 7.22. The van der Waals surface area contributed by atoms with Crippen molar-refractivity contribution in [2.75, 3.05) is 5.32 Å². The molecule has 2 rings (SSSR count). The molecule has 1 aliphatic rings. The van der Waals surface area contributed by atoms with Gasteiger partial charge in [-0.15, -0.1) is 0 Å². The first-order chi connectivity index (χ1) is 8.99. The highest BCUT2D eigenvalue weighted by atomic mass is 16.2. The Kier molecular flexibility index (Phi) is 3.95. The molecule has 1 aliphatic heterocycles. The number of carbonyl (C=O) groups excluding carboxylic acids is 1. The number of hydrogen-bond donors (Lipinski definition) is 2. The van der Waals surface area contributed by atoms with Gasteiger partial charge in [0.15, 0.2) is 0 Å². The molecule has 1 amide bonds. The number of hydrogen-bond acceptors (Lipinski definition) is 2. The predicted molar refractivity (Wildman–Crippen MR) is 79.2 cm³/mol. The first-order valence-electron chi connectivity index (χ1n) is 7.22. The van der Waals surface area contributed by atoms with Gasteiger partial charge < -0.3 is 11.1 Å². The van der Waals surface area contributed by atoms with Gasteiger partial charge in [-0.1, -0.05) is 39.8 Å². The molecule has 0 saturated carbocycles. The Morgan fingerprint density at radius 2 is 2.00 bits per heavy atom. The van der Waals surface area contributed by atoms with E-state index in [1.807, 2.05) is 0 Å². The van der Waals surface area contributed by atoms with E-state index in [2.05, 4.69) is 45.1 Å². The molecule has 3 nitrogen and oxygen atoms in total. The standard InChI is InChI=1S/C16H24N2O/c1-5-10-7-11(14(17)9(3)4)8-13-12(6-2)16(19)18-15(10)13/h7-9,12,14H,5-6,17H2,1-4H3,(H,18,19). The van der Waals surface area contributed by atoms with Crippen LogP contribution in [-0.2, 0) is 11.2 Å². The second kappa shape index (κ2) is 5.33. The van der Waals surface area contributed by atoms with E-state index in [0.29, 0.717) is 5.92 Å². The van der Waals surface area contributed by atoms with Crippen molar-refractivity contribution in [1.82, 2.24) is 0 Å². The Bertz CT molecular complexity index is 494. The van der Waals surface area contributed by atoms with Crippen LogP contribution in [-0.4, -0.2) is 5.91 Å². The average molecular weight is 260 g/mol. The second-order valence-corrected chi connectivity index (χ2v) is 5.72. The summed E-state index contributed by atoms with van der Waals surface area (Å²) in [5.74, 6) is 0.509. The molecule has 1 aromatic rings. The van der Waals surface area contributed by atoms with E-state index < -0.39 is 0 Å². The van der Waals surface area contributed by atoms with Gasteiger partial charge in [0.25, 0.3) is 0 Å². The average Bonchev–Trinajstić information content (AvgIpc) is 2.71. The highest BCUT2D eigenvalue weighted by Gasteiger charge is 2.31. The molecule has 3 heteroatoms. The maximum Gasteiger partial charge on any atom is 0.232 e. The van der Waals surface area contributed by atoms with Gasteiger partial charge in [-0.3, -0.25) is 4.79 Å². The Morgan fingerprint density at radius 3 is 2.53 bits per heavy atom. The Labute approximate surface area is 115 Å². The Balaban J connectivity index is 2.53. The molecule has 2 atom stereocenters. The summed E-state index contributed by atoms with van der Waals surface area (Å²) < 4.78 is 0. The summed E-state index contributed by atoms with van der Waals surface area (Å²) in [4.78, 5) is 12.0. The Hall–Kier alpha value is -1.35. The third-order valence-corrected chi connectivity index (χ3v) is 4.11. The van der Waals surface area contributed by atoms with Crippen LogP contribution >= 0.6 is 0 Å². The van der Waals surface area contributed by atoms with Crippen molar-refractivity contribution >= 4 is 11.6 Å². The molecule has 0 aromatic heterocycles. The summed E-state index contributed by atoms with van der Waals surface area (Å²) in [5, 5.41) is 3.03. The number of rotatable bonds is 4. The fourth-order valence-corrected chi connectivity index (χ4v) is 2.79. The van der Waals surface area contributed by atoms with Gasteiger partial charge in [0.2, 0.25) is 5.91 Å². The van der Waals surface area contributed by atoms with Crippen LogP contribution in [0.4, 0.5) is 5.69 Å². The van der Waals surface area contributed by atoms with Crippen molar-refractivity contribution in [2.45, 2.75) is 52.5 Å². The summed E-state index contributed by atoms with van der Waals surface area (Å²) in [7, 11) is 0. The van der Waals surface area contributed by atoms with Gasteiger partial charge in [-0.05, 0) is 35.4 Å². The lowest BCUT2D eigenvalue weighted by Gasteiger charge is -2.19. The van der Waals surface area contributed by atoms with E-state index in [4.69, 9.17) is 5.73 Å². The molecule has 0 aliphatic carbocycles. The van der Waals surface area contributed by atoms with Gasteiger partial charge in [-0.25, -0.2) is 0 Å². The molecule has 3 N–H and O–H groups in total. The summed E-state index contributed by atoms with van der Waals surface area (Å²) >= 11 is 0.